The minimum absolute atomic E-state index is 0.0864. The molecule has 0 bridgehead atoms. The van der Waals surface area contributed by atoms with E-state index >= 15 is 0 Å². The van der Waals surface area contributed by atoms with Crippen molar-refractivity contribution in [3.8, 4) is 5.75 Å². The van der Waals surface area contributed by atoms with Crippen molar-refractivity contribution < 1.29 is 14.3 Å². The lowest BCUT2D eigenvalue weighted by molar-refractivity contribution is -0.119. The first-order chi connectivity index (χ1) is 10.0. The number of nitrogen functional groups attached to an aromatic ring is 1. The Bertz CT molecular complexity index is 537. The van der Waals surface area contributed by atoms with Gasteiger partial charge in [-0.2, -0.15) is 0 Å². The summed E-state index contributed by atoms with van der Waals surface area (Å²) in [5.74, 6) is 0.428. The number of amides is 2. The lowest BCUT2D eigenvalue weighted by atomic mass is 9.93. The monoisotopic (exact) mass is 291 g/mol. The molecule has 1 saturated heterocycles. The largest absolute Gasteiger partial charge is 0.496 e. The average molecular weight is 291 g/mol. The number of hydrogen-bond donors (Lipinski definition) is 2. The maximum absolute atomic E-state index is 12.6. The maximum atomic E-state index is 12.6. The van der Waals surface area contributed by atoms with Gasteiger partial charge in [0.15, 0.2) is 0 Å². The van der Waals surface area contributed by atoms with Crippen molar-refractivity contribution >= 4 is 17.5 Å². The molecule has 0 aromatic heterocycles. The van der Waals surface area contributed by atoms with Gasteiger partial charge in [0.2, 0.25) is 5.91 Å². The van der Waals surface area contributed by atoms with E-state index in [1.807, 2.05) is 0 Å². The van der Waals surface area contributed by atoms with E-state index in [4.69, 9.17) is 16.2 Å². The van der Waals surface area contributed by atoms with Gasteiger partial charge in [0.25, 0.3) is 5.91 Å². The highest BCUT2D eigenvalue weighted by molar-refractivity contribution is 5.97. The summed E-state index contributed by atoms with van der Waals surface area (Å²) in [5.41, 5.74) is 12.0. The molecule has 0 aliphatic carbocycles. The van der Waals surface area contributed by atoms with Crippen molar-refractivity contribution in [2.45, 2.75) is 19.3 Å². The highest BCUT2D eigenvalue weighted by atomic mass is 16.5. The zero-order valence-electron chi connectivity index (χ0n) is 12.2. The number of carbonyl (C=O) groups is 2. The second-order valence-electron chi connectivity index (χ2n) is 5.37. The predicted molar refractivity (Wildman–Crippen MR) is 79.8 cm³/mol. The van der Waals surface area contributed by atoms with E-state index in [0.717, 1.165) is 12.8 Å². The average Bonchev–Trinajstić information content (AvgIpc) is 2.46. The number of carbonyl (C=O) groups excluding carboxylic acids is 2. The van der Waals surface area contributed by atoms with Crippen LogP contribution in [0.5, 0.6) is 5.75 Å². The van der Waals surface area contributed by atoms with E-state index < -0.39 is 0 Å². The van der Waals surface area contributed by atoms with Gasteiger partial charge in [0.05, 0.1) is 12.7 Å². The lowest BCUT2D eigenvalue weighted by Crippen LogP contribution is -2.39. The second-order valence-corrected chi connectivity index (χ2v) is 5.37. The normalized spacial score (nSPS) is 15.8. The molecule has 0 radical (unpaired) electrons. The van der Waals surface area contributed by atoms with Gasteiger partial charge in [-0.05, 0) is 37.0 Å². The molecule has 4 N–H and O–H groups in total. The highest BCUT2D eigenvalue weighted by Gasteiger charge is 2.26. The van der Waals surface area contributed by atoms with E-state index in [1.54, 1.807) is 23.1 Å². The fourth-order valence-corrected chi connectivity index (χ4v) is 2.69. The van der Waals surface area contributed by atoms with Crippen LogP contribution in [0.1, 0.15) is 29.6 Å². The van der Waals surface area contributed by atoms with Crippen LogP contribution in [0.25, 0.3) is 0 Å². The molecule has 2 rings (SSSR count). The van der Waals surface area contributed by atoms with E-state index in [9.17, 15) is 9.59 Å². The molecule has 1 aliphatic heterocycles. The molecule has 2 amide bonds. The highest BCUT2D eigenvalue weighted by Crippen LogP contribution is 2.26. The summed E-state index contributed by atoms with van der Waals surface area (Å²) in [4.78, 5) is 25.3. The zero-order valence-corrected chi connectivity index (χ0v) is 12.2. The second kappa shape index (κ2) is 6.47. The first-order valence-corrected chi connectivity index (χ1v) is 7.02. The van der Waals surface area contributed by atoms with Crippen molar-refractivity contribution in [2.24, 2.45) is 11.7 Å². The minimum Gasteiger partial charge on any atom is -0.496 e. The van der Waals surface area contributed by atoms with Crippen LogP contribution < -0.4 is 16.2 Å². The molecule has 1 heterocycles. The van der Waals surface area contributed by atoms with Gasteiger partial charge >= 0.3 is 0 Å². The Kier molecular flexibility index (Phi) is 4.67. The summed E-state index contributed by atoms with van der Waals surface area (Å²) in [6.45, 7) is 1.24. The summed E-state index contributed by atoms with van der Waals surface area (Å²) < 4.78 is 5.22. The quantitative estimate of drug-likeness (QED) is 0.809. The number of methoxy groups -OCH3 is 1. The van der Waals surface area contributed by atoms with Crippen LogP contribution >= 0.6 is 0 Å². The van der Waals surface area contributed by atoms with Crippen molar-refractivity contribution in [1.29, 1.82) is 0 Å². The third-order valence-electron chi connectivity index (χ3n) is 3.85. The molecule has 0 saturated carbocycles. The van der Waals surface area contributed by atoms with Crippen LogP contribution in [-0.2, 0) is 4.79 Å². The summed E-state index contributed by atoms with van der Waals surface area (Å²) in [6.07, 6.45) is 1.97. The van der Waals surface area contributed by atoms with Crippen LogP contribution in [0.4, 0.5) is 5.69 Å². The molecule has 0 spiro atoms. The molecule has 6 heteroatoms. The van der Waals surface area contributed by atoms with E-state index in [0.29, 0.717) is 36.5 Å². The lowest BCUT2D eigenvalue weighted by Gasteiger charge is -2.32. The molecule has 1 aromatic rings. The smallest absolute Gasteiger partial charge is 0.257 e. The Morgan fingerprint density at radius 2 is 2.00 bits per heavy atom. The number of benzene rings is 1. The molecule has 1 fully saturated rings. The van der Waals surface area contributed by atoms with Crippen LogP contribution in [0.2, 0.25) is 0 Å². The number of ether oxygens (including phenoxy) is 1. The summed E-state index contributed by atoms with van der Waals surface area (Å²) in [5, 5.41) is 0. The van der Waals surface area contributed by atoms with Gasteiger partial charge < -0.3 is 21.1 Å². The standard InChI is InChI=1S/C15H21N3O3/c1-21-13-3-2-11(16)9-12(13)15(20)18-6-4-10(5-7-18)8-14(17)19/h2-3,9-10H,4-8,16H2,1H3,(H2,17,19). The number of anilines is 1. The first-order valence-electron chi connectivity index (χ1n) is 7.02. The molecule has 1 aromatic carbocycles. The summed E-state index contributed by atoms with van der Waals surface area (Å²) in [6, 6.07) is 5.04. The predicted octanol–water partition coefficient (Wildman–Crippen LogP) is 1.00. The van der Waals surface area contributed by atoms with Crippen LogP contribution in [0.3, 0.4) is 0 Å². The van der Waals surface area contributed by atoms with Gasteiger partial charge in [0.1, 0.15) is 5.75 Å². The maximum Gasteiger partial charge on any atom is 0.257 e. The topological polar surface area (TPSA) is 98.7 Å². The number of piperidine rings is 1. The van der Waals surface area contributed by atoms with Gasteiger partial charge in [-0.15, -0.1) is 0 Å². The van der Waals surface area contributed by atoms with Crippen LogP contribution in [0, 0.1) is 5.92 Å². The van der Waals surface area contributed by atoms with E-state index in [-0.39, 0.29) is 17.7 Å². The number of primary amides is 1. The third-order valence-corrected chi connectivity index (χ3v) is 3.85. The summed E-state index contributed by atoms with van der Waals surface area (Å²) >= 11 is 0. The molecule has 1 aliphatic rings. The van der Waals surface area contributed by atoms with Gasteiger partial charge in [-0.3, -0.25) is 9.59 Å². The number of likely N-dealkylation sites (tertiary alicyclic amines) is 1. The number of nitrogens with zero attached hydrogens (tertiary/aromatic N) is 1. The Morgan fingerprint density at radius 3 is 2.57 bits per heavy atom. The molecular formula is C15H21N3O3. The van der Waals surface area contributed by atoms with E-state index in [2.05, 4.69) is 0 Å². The Balaban J connectivity index is 2.05. The first kappa shape index (κ1) is 15.2. The molecular weight excluding hydrogens is 270 g/mol. The van der Waals surface area contributed by atoms with Crippen LogP contribution in [0.15, 0.2) is 18.2 Å². The van der Waals surface area contributed by atoms with Crippen molar-refractivity contribution in [1.82, 2.24) is 4.90 Å². The molecule has 0 unspecified atom stereocenters. The Labute approximate surface area is 124 Å². The molecule has 6 nitrogen and oxygen atoms in total. The van der Waals surface area contributed by atoms with Crippen molar-refractivity contribution in [3.63, 3.8) is 0 Å². The molecule has 21 heavy (non-hydrogen) atoms. The molecule has 0 atom stereocenters. The number of hydrogen-bond acceptors (Lipinski definition) is 4. The zero-order chi connectivity index (χ0) is 15.4. The van der Waals surface area contributed by atoms with Gasteiger partial charge in [-0.25, -0.2) is 0 Å². The van der Waals surface area contributed by atoms with Gasteiger partial charge in [-0.1, -0.05) is 0 Å². The van der Waals surface area contributed by atoms with Crippen LogP contribution in [-0.4, -0.2) is 36.9 Å². The third kappa shape index (κ3) is 3.65. The van der Waals surface area contributed by atoms with E-state index in [1.165, 1.54) is 7.11 Å². The minimum atomic E-state index is -0.280. The summed E-state index contributed by atoms with van der Waals surface area (Å²) in [7, 11) is 1.53. The number of nitrogens with two attached hydrogens (primary N) is 2. The SMILES string of the molecule is COc1ccc(N)cc1C(=O)N1CCC(CC(N)=O)CC1. The fraction of sp³-hybridized carbons (Fsp3) is 0.467. The Morgan fingerprint density at radius 1 is 1.33 bits per heavy atom. The number of rotatable bonds is 4. The fourth-order valence-electron chi connectivity index (χ4n) is 2.69. The molecule has 114 valence electrons. The van der Waals surface area contributed by atoms with Gasteiger partial charge in [0, 0.05) is 25.2 Å². The van der Waals surface area contributed by atoms with Crippen molar-refractivity contribution in [3.05, 3.63) is 23.8 Å². The van der Waals surface area contributed by atoms with Crippen molar-refractivity contribution in [2.75, 3.05) is 25.9 Å². The Hall–Kier alpha value is -2.24.